The zero-order valence-corrected chi connectivity index (χ0v) is 16.1. The van der Waals surface area contributed by atoms with E-state index in [1.165, 1.54) is 7.11 Å². The van der Waals surface area contributed by atoms with Gasteiger partial charge in [-0.2, -0.15) is 18.3 Å². The van der Waals surface area contributed by atoms with Crippen LogP contribution in [0.2, 0.25) is 0 Å². The van der Waals surface area contributed by atoms with Crippen molar-refractivity contribution >= 4 is 5.91 Å². The molecule has 1 aromatic heterocycles. The summed E-state index contributed by atoms with van der Waals surface area (Å²) in [6.45, 7) is -1.20. The van der Waals surface area contributed by atoms with Crippen LogP contribution in [0.5, 0.6) is 5.75 Å². The van der Waals surface area contributed by atoms with E-state index >= 15 is 0 Å². The van der Waals surface area contributed by atoms with Crippen molar-refractivity contribution in [3.05, 3.63) is 77.6 Å². The van der Waals surface area contributed by atoms with Gasteiger partial charge in [-0.25, -0.2) is 4.68 Å². The minimum absolute atomic E-state index is 0.139. The number of carbonyl (C=O) groups excluding carboxylic acids is 1. The quantitative estimate of drug-likeness (QED) is 0.602. The van der Waals surface area contributed by atoms with E-state index in [1.54, 1.807) is 35.1 Å². The van der Waals surface area contributed by atoms with Crippen LogP contribution in [0.3, 0.4) is 0 Å². The fourth-order valence-electron chi connectivity index (χ4n) is 2.68. The van der Waals surface area contributed by atoms with Crippen LogP contribution >= 0.6 is 0 Å². The summed E-state index contributed by atoms with van der Waals surface area (Å²) in [5, 5.41) is 7.06. The van der Waals surface area contributed by atoms with Crippen molar-refractivity contribution in [3.8, 4) is 11.4 Å². The standard InChI is InChI=1S/C21H20F3N3O3/c1-29-18-12-27(17-5-3-2-4-6-17)26-19(18)20(28)25-11-15-7-9-16(10-8-15)13-30-14-21(22,23)24/h2-10,12H,11,13-14H2,1H3,(H,25,28). The first-order chi connectivity index (χ1) is 14.4. The molecule has 0 fully saturated rings. The summed E-state index contributed by atoms with van der Waals surface area (Å²) < 4.78 is 47.8. The number of alkyl halides is 3. The Morgan fingerprint density at radius 1 is 1.07 bits per heavy atom. The number of ether oxygens (including phenoxy) is 2. The van der Waals surface area contributed by atoms with E-state index in [2.05, 4.69) is 15.2 Å². The molecule has 6 nitrogen and oxygen atoms in total. The molecule has 0 aliphatic carbocycles. The molecule has 30 heavy (non-hydrogen) atoms. The van der Waals surface area contributed by atoms with Gasteiger partial charge in [-0.3, -0.25) is 4.79 Å². The fraction of sp³-hybridized carbons (Fsp3) is 0.238. The van der Waals surface area contributed by atoms with Gasteiger partial charge in [-0.05, 0) is 23.3 Å². The van der Waals surface area contributed by atoms with E-state index in [-0.39, 0.29) is 18.8 Å². The van der Waals surface area contributed by atoms with Gasteiger partial charge in [0.05, 0.1) is 25.6 Å². The summed E-state index contributed by atoms with van der Waals surface area (Å²) in [6, 6.07) is 16.1. The molecule has 0 bridgehead atoms. The molecule has 0 aliphatic rings. The minimum atomic E-state index is -4.35. The highest BCUT2D eigenvalue weighted by Crippen LogP contribution is 2.20. The Morgan fingerprint density at radius 2 is 1.73 bits per heavy atom. The Morgan fingerprint density at radius 3 is 2.37 bits per heavy atom. The minimum Gasteiger partial charge on any atom is -0.493 e. The predicted molar refractivity (Wildman–Crippen MR) is 103 cm³/mol. The summed E-state index contributed by atoms with van der Waals surface area (Å²) in [6.07, 6.45) is -2.72. The lowest BCUT2D eigenvalue weighted by Gasteiger charge is -2.09. The molecule has 1 heterocycles. The number of rotatable bonds is 8. The largest absolute Gasteiger partial charge is 0.493 e. The van der Waals surface area contributed by atoms with Crippen molar-refractivity contribution in [3.63, 3.8) is 0 Å². The SMILES string of the molecule is COc1cn(-c2ccccc2)nc1C(=O)NCc1ccc(COCC(F)(F)F)cc1. The second-order valence-electron chi connectivity index (χ2n) is 6.43. The highest BCUT2D eigenvalue weighted by atomic mass is 19.4. The lowest BCUT2D eigenvalue weighted by atomic mass is 10.1. The number of hydrogen-bond donors (Lipinski definition) is 1. The van der Waals surface area contributed by atoms with Crippen molar-refractivity contribution in [2.45, 2.75) is 19.3 Å². The number of hydrogen-bond acceptors (Lipinski definition) is 4. The van der Waals surface area contributed by atoms with Crippen LogP contribution < -0.4 is 10.1 Å². The third-order valence-corrected chi connectivity index (χ3v) is 4.15. The maximum absolute atomic E-state index is 12.6. The van der Waals surface area contributed by atoms with E-state index in [4.69, 9.17) is 4.74 Å². The van der Waals surface area contributed by atoms with Crippen LogP contribution in [0, 0.1) is 0 Å². The average Bonchev–Trinajstić information content (AvgIpc) is 3.17. The Bertz CT molecular complexity index is 971. The van der Waals surface area contributed by atoms with Gasteiger partial charge in [0.25, 0.3) is 5.91 Å². The second kappa shape index (κ2) is 9.45. The molecule has 0 atom stereocenters. The van der Waals surface area contributed by atoms with Crippen molar-refractivity contribution < 1.29 is 27.4 Å². The Labute approximate surface area is 171 Å². The number of nitrogens with zero attached hydrogens (tertiary/aromatic N) is 2. The normalized spacial score (nSPS) is 11.3. The van der Waals surface area contributed by atoms with Crippen molar-refractivity contribution in [1.82, 2.24) is 15.1 Å². The average molecular weight is 419 g/mol. The molecule has 0 saturated carbocycles. The first-order valence-electron chi connectivity index (χ1n) is 9.05. The Balaban J connectivity index is 1.58. The zero-order chi connectivity index (χ0) is 21.6. The van der Waals surface area contributed by atoms with Crippen LogP contribution in [0.1, 0.15) is 21.6 Å². The molecule has 0 spiro atoms. The number of amides is 1. The lowest BCUT2D eigenvalue weighted by Crippen LogP contribution is -2.24. The summed E-state index contributed by atoms with van der Waals surface area (Å²) in [5.41, 5.74) is 2.33. The molecular formula is C21H20F3N3O3. The van der Waals surface area contributed by atoms with Gasteiger partial charge in [-0.15, -0.1) is 0 Å². The summed E-state index contributed by atoms with van der Waals surface area (Å²) in [5.74, 6) is -0.0624. The highest BCUT2D eigenvalue weighted by Gasteiger charge is 2.27. The number of aromatic nitrogens is 2. The number of methoxy groups -OCH3 is 1. The Hall–Kier alpha value is -3.33. The van der Waals surface area contributed by atoms with Gasteiger partial charge in [0.2, 0.25) is 0 Å². The van der Waals surface area contributed by atoms with Crippen molar-refractivity contribution in [2.75, 3.05) is 13.7 Å². The van der Waals surface area contributed by atoms with Crippen LogP contribution in [0.4, 0.5) is 13.2 Å². The molecular weight excluding hydrogens is 399 g/mol. The lowest BCUT2D eigenvalue weighted by molar-refractivity contribution is -0.176. The Kier molecular flexibility index (Phi) is 6.73. The van der Waals surface area contributed by atoms with E-state index in [0.717, 1.165) is 11.3 Å². The third-order valence-electron chi connectivity index (χ3n) is 4.15. The second-order valence-corrected chi connectivity index (χ2v) is 6.43. The van der Waals surface area contributed by atoms with Gasteiger partial charge in [-0.1, -0.05) is 42.5 Å². The number of nitrogens with one attached hydrogen (secondary N) is 1. The smallest absolute Gasteiger partial charge is 0.411 e. The topological polar surface area (TPSA) is 65.4 Å². The van der Waals surface area contributed by atoms with E-state index in [9.17, 15) is 18.0 Å². The molecule has 0 radical (unpaired) electrons. The molecule has 9 heteroatoms. The van der Waals surface area contributed by atoms with Gasteiger partial charge in [0.1, 0.15) is 6.61 Å². The van der Waals surface area contributed by atoms with Gasteiger partial charge >= 0.3 is 6.18 Å². The van der Waals surface area contributed by atoms with Gasteiger partial charge in [0, 0.05) is 6.54 Å². The highest BCUT2D eigenvalue weighted by molar-refractivity contribution is 5.94. The number of carbonyl (C=O) groups is 1. The zero-order valence-electron chi connectivity index (χ0n) is 16.1. The van der Waals surface area contributed by atoms with Crippen LogP contribution in [0.15, 0.2) is 60.8 Å². The van der Waals surface area contributed by atoms with Crippen LogP contribution in [-0.4, -0.2) is 35.6 Å². The van der Waals surface area contributed by atoms with Gasteiger partial charge < -0.3 is 14.8 Å². The molecule has 1 N–H and O–H groups in total. The van der Waals surface area contributed by atoms with Gasteiger partial charge in [0.15, 0.2) is 11.4 Å². The maximum atomic E-state index is 12.6. The molecule has 0 saturated heterocycles. The number of para-hydroxylation sites is 1. The van der Waals surface area contributed by atoms with Crippen LogP contribution in [0.25, 0.3) is 5.69 Å². The van der Waals surface area contributed by atoms with Crippen molar-refractivity contribution in [2.24, 2.45) is 0 Å². The summed E-state index contributed by atoms with van der Waals surface area (Å²) in [7, 11) is 1.46. The van der Waals surface area contributed by atoms with Crippen LogP contribution in [-0.2, 0) is 17.9 Å². The van der Waals surface area contributed by atoms with E-state index in [0.29, 0.717) is 11.3 Å². The van der Waals surface area contributed by atoms with Crippen molar-refractivity contribution in [1.29, 1.82) is 0 Å². The molecule has 0 unspecified atom stereocenters. The molecule has 3 aromatic rings. The van der Waals surface area contributed by atoms with E-state index in [1.807, 2.05) is 30.3 Å². The summed E-state index contributed by atoms with van der Waals surface area (Å²) >= 11 is 0. The molecule has 3 rings (SSSR count). The third kappa shape index (κ3) is 5.84. The first kappa shape index (κ1) is 21.4. The van der Waals surface area contributed by atoms with E-state index < -0.39 is 18.7 Å². The predicted octanol–water partition coefficient (Wildman–Crippen LogP) is 3.89. The monoisotopic (exact) mass is 419 g/mol. The maximum Gasteiger partial charge on any atom is 0.411 e. The fourth-order valence-corrected chi connectivity index (χ4v) is 2.68. The molecule has 2 aromatic carbocycles. The summed E-state index contributed by atoms with van der Waals surface area (Å²) in [4.78, 5) is 12.6. The number of halogens is 3. The first-order valence-corrected chi connectivity index (χ1v) is 9.05. The molecule has 158 valence electrons. The number of benzene rings is 2. The molecule has 0 aliphatic heterocycles. The molecule has 1 amide bonds.